The minimum atomic E-state index is -0.363. The highest BCUT2D eigenvalue weighted by Crippen LogP contribution is 1.99. The third kappa shape index (κ3) is 19.7. The highest BCUT2D eigenvalue weighted by atomic mass is 16.6. The third-order valence-corrected chi connectivity index (χ3v) is 5.17. The van der Waals surface area contributed by atoms with Crippen LogP contribution in [0.5, 0.6) is 0 Å². The van der Waals surface area contributed by atoms with Crippen LogP contribution in [0.4, 0.5) is 0 Å². The van der Waals surface area contributed by atoms with Crippen molar-refractivity contribution in [3.8, 4) is 0 Å². The molecule has 0 saturated heterocycles. The molecule has 14 heteroatoms. The molecule has 0 fully saturated rings. The molecule has 0 aromatic heterocycles. The molecule has 0 aliphatic rings. The van der Waals surface area contributed by atoms with Crippen LogP contribution in [0.3, 0.4) is 0 Å². The minimum Gasteiger partial charge on any atom is -0.381 e. The molecule has 0 amide bonds. The normalized spacial score (nSPS) is 12.2. The maximum atomic E-state index is 9.61. The van der Waals surface area contributed by atoms with Gasteiger partial charge in [-0.2, -0.15) is 0 Å². The molecule has 14 nitrogen and oxygen atoms in total. The Balaban J connectivity index is 4.86. The lowest BCUT2D eigenvalue weighted by molar-refractivity contribution is -0.0271. The summed E-state index contributed by atoms with van der Waals surface area (Å²) in [5.74, 6) is 0. The van der Waals surface area contributed by atoms with E-state index in [0.29, 0.717) is 91.9 Å². The second-order valence-corrected chi connectivity index (χ2v) is 7.35. The fourth-order valence-electron chi connectivity index (χ4n) is 3.06. The van der Waals surface area contributed by atoms with Crippen molar-refractivity contribution in [2.75, 3.05) is 133 Å². The predicted octanol–water partition coefficient (Wildman–Crippen LogP) is -4.04. The maximum Gasteiger partial charge on any atom is 0.143 e. The van der Waals surface area contributed by atoms with Crippen molar-refractivity contribution in [1.82, 2.24) is 19.6 Å². The summed E-state index contributed by atoms with van der Waals surface area (Å²) in [5, 5.41) is 54.5. The zero-order chi connectivity index (χ0) is 25.3. The van der Waals surface area contributed by atoms with Crippen LogP contribution in [0, 0.1) is 0 Å². The van der Waals surface area contributed by atoms with Crippen molar-refractivity contribution in [3.05, 3.63) is 0 Å². The smallest absolute Gasteiger partial charge is 0.143 e. The van der Waals surface area contributed by atoms with Gasteiger partial charge in [0.05, 0.1) is 39.9 Å². The average Bonchev–Trinajstić information content (AvgIpc) is 2.85. The molecule has 0 unspecified atom stereocenters. The van der Waals surface area contributed by atoms with Crippen LogP contribution in [0.2, 0.25) is 0 Å². The second-order valence-electron chi connectivity index (χ2n) is 7.35. The number of rotatable bonds is 27. The van der Waals surface area contributed by atoms with E-state index in [4.69, 9.17) is 39.4 Å². The molecule has 34 heavy (non-hydrogen) atoms. The summed E-state index contributed by atoms with van der Waals surface area (Å²) in [6.07, 6.45) is 0. The van der Waals surface area contributed by atoms with Gasteiger partial charge in [0.15, 0.2) is 0 Å². The standard InChI is InChI=1S/C20H46N4O10/c25-15-23(9-13-33-19-29)5-3-21(4-6-24(16-26)10-14-34-20-30)1-2-22(7-11-31-17-27)8-12-32-18-28/h25-30H,1-20H2. The quantitative estimate of drug-likeness (QED) is 0.0474. The topological polar surface area (TPSA) is 171 Å². The van der Waals surface area contributed by atoms with Gasteiger partial charge >= 0.3 is 0 Å². The first-order chi connectivity index (χ1) is 16.6. The Labute approximate surface area is 202 Å². The van der Waals surface area contributed by atoms with Crippen molar-refractivity contribution in [3.63, 3.8) is 0 Å². The summed E-state index contributed by atoms with van der Waals surface area (Å²) in [7, 11) is 0. The fraction of sp³-hybridized carbons (Fsp3) is 1.00. The summed E-state index contributed by atoms with van der Waals surface area (Å²) in [4.78, 5) is 7.93. The molecule has 0 saturated carbocycles. The Hall–Kier alpha value is -0.560. The first-order valence-electron chi connectivity index (χ1n) is 11.5. The zero-order valence-electron chi connectivity index (χ0n) is 20.2. The van der Waals surface area contributed by atoms with Crippen LogP contribution in [0.15, 0.2) is 0 Å². The van der Waals surface area contributed by atoms with Gasteiger partial charge in [0.1, 0.15) is 27.2 Å². The number of hydrogen-bond donors (Lipinski definition) is 6. The van der Waals surface area contributed by atoms with E-state index in [2.05, 4.69) is 9.80 Å². The molecular formula is C20H46N4O10. The van der Waals surface area contributed by atoms with Gasteiger partial charge < -0.3 is 49.6 Å². The van der Waals surface area contributed by atoms with Crippen LogP contribution in [0.25, 0.3) is 0 Å². The molecule has 0 bridgehead atoms. The van der Waals surface area contributed by atoms with Crippen molar-refractivity contribution in [2.45, 2.75) is 0 Å². The van der Waals surface area contributed by atoms with Gasteiger partial charge in [0.25, 0.3) is 0 Å². The van der Waals surface area contributed by atoms with E-state index < -0.39 is 0 Å². The number of aliphatic hydroxyl groups excluding tert-OH is 6. The molecule has 6 N–H and O–H groups in total. The van der Waals surface area contributed by atoms with Crippen LogP contribution < -0.4 is 0 Å². The Morgan fingerprint density at radius 1 is 0.324 bits per heavy atom. The summed E-state index contributed by atoms with van der Waals surface area (Å²) in [6, 6.07) is 0. The van der Waals surface area contributed by atoms with E-state index in [0.717, 1.165) is 0 Å². The second kappa shape index (κ2) is 25.5. The largest absolute Gasteiger partial charge is 0.381 e. The maximum absolute atomic E-state index is 9.61. The van der Waals surface area contributed by atoms with Gasteiger partial charge in [-0.15, -0.1) is 0 Å². The lowest BCUT2D eigenvalue weighted by Gasteiger charge is -2.31. The average molecular weight is 503 g/mol. The van der Waals surface area contributed by atoms with Crippen molar-refractivity contribution in [1.29, 1.82) is 0 Å². The van der Waals surface area contributed by atoms with E-state index >= 15 is 0 Å². The fourth-order valence-corrected chi connectivity index (χ4v) is 3.06. The molecule has 0 aromatic rings. The molecule has 0 aliphatic carbocycles. The van der Waals surface area contributed by atoms with Crippen LogP contribution in [-0.2, 0) is 18.9 Å². The molecule has 206 valence electrons. The number of ether oxygens (including phenoxy) is 4. The molecular weight excluding hydrogens is 456 g/mol. The van der Waals surface area contributed by atoms with E-state index in [1.165, 1.54) is 0 Å². The van der Waals surface area contributed by atoms with Gasteiger partial charge in [-0.1, -0.05) is 0 Å². The molecule has 0 spiro atoms. The monoisotopic (exact) mass is 502 g/mol. The highest BCUT2D eigenvalue weighted by Gasteiger charge is 2.14. The van der Waals surface area contributed by atoms with Crippen LogP contribution in [-0.4, -0.2) is 183 Å². The Morgan fingerprint density at radius 2 is 0.559 bits per heavy atom. The van der Waals surface area contributed by atoms with E-state index in [9.17, 15) is 10.2 Å². The summed E-state index contributed by atoms with van der Waals surface area (Å²) in [6.45, 7) is 5.65. The first kappa shape index (κ1) is 33.4. The molecule has 0 radical (unpaired) electrons. The first-order valence-corrected chi connectivity index (χ1v) is 11.5. The third-order valence-electron chi connectivity index (χ3n) is 5.17. The molecule has 0 rings (SSSR count). The van der Waals surface area contributed by atoms with Gasteiger partial charge in [-0.3, -0.25) is 19.6 Å². The lowest BCUT2D eigenvalue weighted by Crippen LogP contribution is -2.45. The van der Waals surface area contributed by atoms with Gasteiger partial charge in [-0.05, 0) is 0 Å². The summed E-state index contributed by atoms with van der Waals surface area (Å²) >= 11 is 0. The Kier molecular flexibility index (Phi) is 25.1. The number of hydrogen-bond acceptors (Lipinski definition) is 14. The molecule has 0 heterocycles. The summed E-state index contributed by atoms with van der Waals surface area (Å²) < 4.78 is 20.0. The van der Waals surface area contributed by atoms with Crippen molar-refractivity contribution < 1.29 is 49.6 Å². The van der Waals surface area contributed by atoms with E-state index in [1.807, 2.05) is 9.80 Å². The Bertz CT molecular complexity index is 386. The molecule has 0 aliphatic heterocycles. The minimum absolute atomic E-state index is 0.132. The Morgan fingerprint density at radius 3 is 0.824 bits per heavy atom. The van der Waals surface area contributed by atoms with E-state index in [-0.39, 0.29) is 40.6 Å². The molecule has 0 atom stereocenters. The predicted molar refractivity (Wildman–Crippen MR) is 122 cm³/mol. The van der Waals surface area contributed by atoms with Crippen LogP contribution >= 0.6 is 0 Å². The lowest BCUT2D eigenvalue weighted by atomic mass is 10.3. The van der Waals surface area contributed by atoms with Gasteiger partial charge in [0, 0.05) is 65.4 Å². The van der Waals surface area contributed by atoms with Crippen LogP contribution in [0.1, 0.15) is 0 Å². The van der Waals surface area contributed by atoms with Crippen molar-refractivity contribution in [2.24, 2.45) is 0 Å². The number of aliphatic hydroxyl groups is 6. The van der Waals surface area contributed by atoms with Crippen molar-refractivity contribution >= 4 is 0 Å². The van der Waals surface area contributed by atoms with Gasteiger partial charge in [-0.25, -0.2) is 0 Å². The zero-order valence-corrected chi connectivity index (χ0v) is 20.2. The SMILES string of the molecule is OCOCCN(CO)CCN(CCN(CO)CCOCO)CCN(CCOCO)CCOCO. The number of nitrogens with zero attached hydrogens (tertiary/aromatic N) is 4. The molecule has 0 aromatic carbocycles. The highest BCUT2D eigenvalue weighted by molar-refractivity contribution is 4.68. The van der Waals surface area contributed by atoms with Gasteiger partial charge in [0.2, 0.25) is 0 Å². The van der Waals surface area contributed by atoms with E-state index in [1.54, 1.807) is 0 Å². The summed E-state index contributed by atoms with van der Waals surface area (Å²) in [5.41, 5.74) is 0.